The largest absolute Gasteiger partial charge is 0.297 e. The van der Waals surface area contributed by atoms with E-state index in [1.807, 2.05) is 30.7 Å². The van der Waals surface area contributed by atoms with Gasteiger partial charge in [0.25, 0.3) is 5.91 Å². The van der Waals surface area contributed by atoms with Crippen molar-refractivity contribution in [1.29, 1.82) is 0 Å². The lowest BCUT2D eigenvalue weighted by Crippen LogP contribution is -2.31. The van der Waals surface area contributed by atoms with E-state index in [2.05, 4.69) is 35.8 Å². The maximum atomic E-state index is 13.2. The number of halogens is 1. The van der Waals surface area contributed by atoms with Crippen LogP contribution in [0.2, 0.25) is 5.15 Å². The van der Waals surface area contributed by atoms with E-state index in [1.54, 1.807) is 23.5 Å². The number of hydrogen-bond donors (Lipinski definition) is 0. The van der Waals surface area contributed by atoms with Gasteiger partial charge < -0.3 is 0 Å². The summed E-state index contributed by atoms with van der Waals surface area (Å²) in [4.78, 5) is 23.4. The first-order valence-electron chi connectivity index (χ1n) is 8.67. The fraction of sp³-hybridized carbons (Fsp3) is 0.368. The van der Waals surface area contributed by atoms with Crippen LogP contribution >= 0.6 is 22.9 Å². The highest BCUT2D eigenvalue weighted by molar-refractivity contribution is 7.19. The fourth-order valence-corrected chi connectivity index (χ4v) is 4.26. The molecule has 0 saturated heterocycles. The first-order valence-corrected chi connectivity index (χ1v) is 9.87. The molecule has 3 aromatic rings. The lowest BCUT2D eigenvalue weighted by atomic mass is 10.1. The van der Waals surface area contributed by atoms with E-state index < -0.39 is 0 Å². The molecular formula is C19H22ClN5OS. The highest BCUT2D eigenvalue weighted by Crippen LogP contribution is 2.38. The van der Waals surface area contributed by atoms with E-state index in [0.717, 1.165) is 16.3 Å². The normalized spacial score (nSPS) is 11.6. The summed E-state index contributed by atoms with van der Waals surface area (Å²) in [6.07, 6.45) is 5.06. The van der Waals surface area contributed by atoms with Crippen molar-refractivity contribution in [2.45, 2.75) is 40.2 Å². The third-order valence-corrected chi connectivity index (χ3v) is 5.66. The molecule has 0 aliphatic carbocycles. The molecule has 0 atom stereocenters. The molecule has 0 aliphatic heterocycles. The summed E-state index contributed by atoms with van der Waals surface area (Å²) in [5.41, 5.74) is 2.07. The van der Waals surface area contributed by atoms with Crippen LogP contribution in [-0.4, -0.2) is 32.2 Å². The molecule has 3 aromatic heterocycles. The molecule has 142 valence electrons. The van der Waals surface area contributed by atoms with Gasteiger partial charge in [-0.05, 0) is 46.8 Å². The first-order chi connectivity index (χ1) is 12.7. The highest BCUT2D eigenvalue weighted by Gasteiger charge is 2.27. The summed E-state index contributed by atoms with van der Waals surface area (Å²) in [6, 6.07) is 3.76. The van der Waals surface area contributed by atoms with Crippen LogP contribution in [0.3, 0.4) is 0 Å². The lowest BCUT2D eigenvalue weighted by Gasteiger charge is -2.22. The Morgan fingerprint density at radius 2 is 2.07 bits per heavy atom. The smallest absolute Gasteiger partial charge is 0.262 e. The second kappa shape index (κ2) is 7.40. The molecule has 27 heavy (non-hydrogen) atoms. The van der Waals surface area contributed by atoms with Crippen LogP contribution in [0.15, 0.2) is 30.7 Å². The Hall–Kier alpha value is -2.25. The maximum absolute atomic E-state index is 13.2. The Morgan fingerprint density at radius 1 is 1.33 bits per heavy atom. The van der Waals surface area contributed by atoms with Crippen molar-refractivity contribution in [2.75, 3.05) is 11.4 Å². The third-order valence-electron chi connectivity index (χ3n) is 4.16. The summed E-state index contributed by atoms with van der Waals surface area (Å²) in [7, 11) is 0. The second-order valence-corrected chi connectivity index (χ2v) is 8.47. The van der Waals surface area contributed by atoms with Crippen molar-refractivity contribution in [2.24, 2.45) is 0 Å². The van der Waals surface area contributed by atoms with E-state index in [0.29, 0.717) is 22.3 Å². The van der Waals surface area contributed by atoms with Gasteiger partial charge in [-0.2, -0.15) is 5.10 Å². The SMILES string of the molecule is CCN(C(=O)c1cnn(C(C)(C)C)c1C)c1sc(-c2cccnc2)nc1Cl. The van der Waals surface area contributed by atoms with E-state index in [1.165, 1.54) is 11.3 Å². The van der Waals surface area contributed by atoms with Crippen molar-refractivity contribution in [3.8, 4) is 10.6 Å². The van der Waals surface area contributed by atoms with Gasteiger partial charge in [0.15, 0.2) is 5.15 Å². The Kier molecular flexibility index (Phi) is 5.35. The number of thiazole rings is 1. The van der Waals surface area contributed by atoms with Gasteiger partial charge in [-0.25, -0.2) is 4.98 Å². The molecule has 8 heteroatoms. The van der Waals surface area contributed by atoms with Crippen molar-refractivity contribution >= 4 is 33.8 Å². The predicted octanol–water partition coefficient (Wildman–Crippen LogP) is 4.79. The average molecular weight is 404 g/mol. The fourth-order valence-electron chi connectivity index (χ4n) is 2.89. The van der Waals surface area contributed by atoms with Crippen LogP contribution in [0.5, 0.6) is 0 Å². The van der Waals surface area contributed by atoms with Crippen LogP contribution in [0, 0.1) is 6.92 Å². The van der Waals surface area contributed by atoms with Gasteiger partial charge in [-0.15, -0.1) is 0 Å². The monoisotopic (exact) mass is 403 g/mol. The van der Waals surface area contributed by atoms with Crippen LogP contribution in [0.4, 0.5) is 5.00 Å². The molecule has 0 N–H and O–H groups in total. The van der Waals surface area contributed by atoms with Crippen molar-refractivity contribution in [3.05, 3.63) is 47.1 Å². The molecule has 1 amide bonds. The molecule has 0 saturated carbocycles. The molecule has 0 spiro atoms. The Balaban J connectivity index is 1.98. The summed E-state index contributed by atoms with van der Waals surface area (Å²) >= 11 is 7.76. The maximum Gasteiger partial charge on any atom is 0.262 e. The minimum Gasteiger partial charge on any atom is -0.297 e. The number of hydrogen-bond acceptors (Lipinski definition) is 5. The van der Waals surface area contributed by atoms with Crippen LogP contribution in [0.1, 0.15) is 43.7 Å². The van der Waals surface area contributed by atoms with E-state index in [-0.39, 0.29) is 11.4 Å². The molecule has 0 fully saturated rings. The number of aromatic nitrogens is 4. The number of amides is 1. The quantitative estimate of drug-likeness (QED) is 0.628. The van der Waals surface area contributed by atoms with Crippen molar-refractivity contribution < 1.29 is 4.79 Å². The molecule has 3 heterocycles. The zero-order valence-electron chi connectivity index (χ0n) is 16.0. The van der Waals surface area contributed by atoms with Gasteiger partial charge in [0, 0.05) is 30.2 Å². The van der Waals surface area contributed by atoms with Crippen LogP contribution in [0.25, 0.3) is 10.6 Å². The van der Waals surface area contributed by atoms with Gasteiger partial charge in [-0.1, -0.05) is 22.9 Å². The number of pyridine rings is 1. The molecule has 0 aromatic carbocycles. The third kappa shape index (κ3) is 3.75. The zero-order valence-corrected chi connectivity index (χ0v) is 17.6. The Bertz CT molecular complexity index is 958. The topological polar surface area (TPSA) is 63.9 Å². The lowest BCUT2D eigenvalue weighted by molar-refractivity contribution is 0.0988. The minimum atomic E-state index is -0.199. The summed E-state index contributed by atoms with van der Waals surface area (Å²) in [6.45, 7) is 10.5. The van der Waals surface area contributed by atoms with Gasteiger partial charge in [-0.3, -0.25) is 19.4 Å². The number of carbonyl (C=O) groups excluding carboxylic acids is 1. The number of nitrogens with zero attached hydrogens (tertiary/aromatic N) is 5. The van der Waals surface area contributed by atoms with Crippen molar-refractivity contribution in [1.82, 2.24) is 19.7 Å². The van der Waals surface area contributed by atoms with Gasteiger partial charge in [0.1, 0.15) is 10.0 Å². The van der Waals surface area contributed by atoms with Crippen LogP contribution in [-0.2, 0) is 5.54 Å². The van der Waals surface area contributed by atoms with Gasteiger partial charge in [0.05, 0.1) is 17.3 Å². The standard InChI is InChI=1S/C19H22ClN5OS/c1-6-24(17(26)14-11-22-25(12(14)2)19(3,4)5)18-15(20)23-16(27-18)13-8-7-9-21-10-13/h7-11H,6H2,1-5H3. The molecule has 3 rings (SSSR count). The summed E-state index contributed by atoms with van der Waals surface area (Å²) in [5, 5.41) is 6.09. The minimum absolute atomic E-state index is 0.131. The average Bonchev–Trinajstić information content (AvgIpc) is 3.19. The molecule has 0 aliphatic rings. The van der Waals surface area contributed by atoms with Crippen LogP contribution < -0.4 is 4.90 Å². The second-order valence-electron chi connectivity index (χ2n) is 7.13. The number of rotatable bonds is 4. The number of carbonyl (C=O) groups is 1. The Labute approximate surface area is 167 Å². The molecule has 0 bridgehead atoms. The van der Waals surface area contributed by atoms with E-state index in [4.69, 9.17) is 11.6 Å². The molecule has 6 nitrogen and oxygen atoms in total. The zero-order chi connectivity index (χ0) is 19.8. The van der Waals surface area contributed by atoms with Crippen molar-refractivity contribution in [3.63, 3.8) is 0 Å². The predicted molar refractivity (Wildman–Crippen MR) is 110 cm³/mol. The first kappa shape index (κ1) is 19.5. The highest BCUT2D eigenvalue weighted by atomic mass is 35.5. The summed E-state index contributed by atoms with van der Waals surface area (Å²) in [5.74, 6) is -0.131. The summed E-state index contributed by atoms with van der Waals surface area (Å²) < 4.78 is 1.86. The van der Waals surface area contributed by atoms with Gasteiger partial charge >= 0.3 is 0 Å². The molecule has 0 unspecified atom stereocenters. The van der Waals surface area contributed by atoms with E-state index in [9.17, 15) is 4.79 Å². The number of anilines is 1. The Morgan fingerprint density at radius 3 is 2.63 bits per heavy atom. The molecule has 0 radical (unpaired) electrons. The van der Waals surface area contributed by atoms with Gasteiger partial charge in [0.2, 0.25) is 0 Å². The molecular weight excluding hydrogens is 382 g/mol. The van der Waals surface area contributed by atoms with E-state index >= 15 is 0 Å².